The molecule has 0 saturated heterocycles. The Kier molecular flexibility index (Phi) is 4.14. The largest absolute Gasteiger partial charge is 0.396 e. The van der Waals surface area contributed by atoms with Gasteiger partial charge in [-0.3, -0.25) is 4.79 Å². The number of nitrogens with two attached hydrogens (primary N) is 1. The number of nitriles is 1. The molecule has 100 valence electrons. The number of benzene rings is 2. The molecular formula is C14H9Cl2N3O. The zero-order valence-electron chi connectivity index (χ0n) is 10.2. The maximum atomic E-state index is 12.1. The number of anilines is 2. The molecule has 0 aliphatic carbocycles. The van der Waals surface area contributed by atoms with E-state index in [4.69, 9.17) is 34.2 Å². The van der Waals surface area contributed by atoms with Gasteiger partial charge in [0.25, 0.3) is 5.91 Å². The molecule has 20 heavy (non-hydrogen) atoms. The van der Waals surface area contributed by atoms with Gasteiger partial charge < -0.3 is 11.1 Å². The average molecular weight is 306 g/mol. The number of carbonyl (C=O) groups is 1. The minimum atomic E-state index is -0.362. The molecule has 0 radical (unpaired) electrons. The fourth-order valence-corrected chi connectivity index (χ4v) is 2.08. The van der Waals surface area contributed by atoms with Crippen LogP contribution in [0.1, 0.15) is 15.9 Å². The molecule has 3 N–H and O–H groups in total. The Balaban J connectivity index is 2.26. The van der Waals surface area contributed by atoms with Crippen molar-refractivity contribution in [2.75, 3.05) is 11.1 Å². The predicted octanol–water partition coefficient (Wildman–Crippen LogP) is 3.70. The van der Waals surface area contributed by atoms with Crippen molar-refractivity contribution < 1.29 is 4.79 Å². The number of hydrogen-bond acceptors (Lipinski definition) is 3. The molecular weight excluding hydrogens is 297 g/mol. The minimum Gasteiger partial charge on any atom is -0.396 e. The van der Waals surface area contributed by atoms with Crippen LogP contribution in [0.15, 0.2) is 36.4 Å². The van der Waals surface area contributed by atoms with Crippen LogP contribution < -0.4 is 11.1 Å². The average Bonchev–Trinajstić information content (AvgIpc) is 2.44. The molecule has 0 spiro atoms. The summed E-state index contributed by atoms with van der Waals surface area (Å²) in [7, 11) is 0. The Morgan fingerprint density at radius 2 is 1.85 bits per heavy atom. The second-order valence-corrected chi connectivity index (χ2v) is 4.81. The Morgan fingerprint density at radius 3 is 2.45 bits per heavy atom. The third-order valence-electron chi connectivity index (χ3n) is 2.59. The van der Waals surface area contributed by atoms with Crippen molar-refractivity contribution in [3.63, 3.8) is 0 Å². The van der Waals surface area contributed by atoms with Crippen molar-refractivity contribution in [1.29, 1.82) is 5.26 Å². The van der Waals surface area contributed by atoms with Gasteiger partial charge in [0.15, 0.2) is 0 Å². The first-order valence-electron chi connectivity index (χ1n) is 5.57. The van der Waals surface area contributed by atoms with Crippen LogP contribution in [0.25, 0.3) is 0 Å². The minimum absolute atomic E-state index is 0.262. The Morgan fingerprint density at radius 1 is 1.20 bits per heavy atom. The van der Waals surface area contributed by atoms with Gasteiger partial charge in [-0.2, -0.15) is 5.26 Å². The van der Waals surface area contributed by atoms with Gasteiger partial charge in [0.2, 0.25) is 0 Å². The molecule has 0 aromatic heterocycles. The van der Waals surface area contributed by atoms with E-state index < -0.39 is 0 Å². The van der Waals surface area contributed by atoms with Gasteiger partial charge >= 0.3 is 0 Å². The van der Waals surface area contributed by atoms with E-state index in [1.807, 2.05) is 6.07 Å². The summed E-state index contributed by atoms with van der Waals surface area (Å²) in [6.45, 7) is 0. The second-order valence-electron chi connectivity index (χ2n) is 4.00. The fraction of sp³-hybridized carbons (Fsp3) is 0. The summed E-state index contributed by atoms with van der Waals surface area (Å²) >= 11 is 11.8. The number of hydrogen-bond donors (Lipinski definition) is 2. The zero-order chi connectivity index (χ0) is 14.7. The van der Waals surface area contributed by atoms with E-state index in [9.17, 15) is 4.79 Å². The summed E-state index contributed by atoms with van der Waals surface area (Å²) in [4.78, 5) is 12.1. The highest BCUT2D eigenvalue weighted by Crippen LogP contribution is 2.31. The summed E-state index contributed by atoms with van der Waals surface area (Å²) in [5, 5.41) is 12.0. The van der Waals surface area contributed by atoms with Gasteiger partial charge in [0.1, 0.15) is 0 Å². The first-order chi connectivity index (χ1) is 9.51. The van der Waals surface area contributed by atoms with Gasteiger partial charge in [-0.05, 0) is 30.3 Å². The van der Waals surface area contributed by atoms with E-state index in [1.54, 1.807) is 18.2 Å². The van der Waals surface area contributed by atoms with Crippen LogP contribution in [-0.2, 0) is 0 Å². The van der Waals surface area contributed by atoms with E-state index in [0.29, 0.717) is 16.8 Å². The van der Waals surface area contributed by atoms with Gasteiger partial charge in [-0.1, -0.05) is 29.3 Å². The highest BCUT2D eigenvalue weighted by Gasteiger charge is 2.10. The lowest BCUT2D eigenvalue weighted by Gasteiger charge is -2.08. The SMILES string of the molecule is N#Cc1cccc(C(=O)Nc2cc(Cl)c(N)c(Cl)c2)c1. The Bertz CT molecular complexity index is 700. The Labute approximate surface area is 125 Å². The molecule has 4 nitrogen and oxygen atoms in total. The second kappa shape index (κ2) is 5.83. The van der Waals surface area contributed by atoms with Crippen LogP contribution in [0.4, 0.5) is 11.4 Å². The van der Waals surface area contributed by atoms with E-state index >= 15 is 0 Å². The summed E-state index contributed by atoms with van der Waals surface area (Å²) in [6.07, 6.45) is 0. The first-order valence-corrected chi connectivity index (χ1v) is 6.33. The summed E-state index contributed by atoms with van der Waals surface area (Å²) in [6, 6.07) is 11.3. The number of rotatable bonds is 2. The van der Waals surface area contributed by atoms with Crippen molar-refractivity contribution in [1.82, 2.24) is 0 Å². The van der Waals surface area contributed by atoms with E-state index in [-0.39, 0.29) is 21.6 Å². The normalized spacial score (nSPS) is 9.85. The maximum absolute atomic E-state index is 12.1. The lowest BCUT2D eigenvalue weighted by Crippen LogP contribution is -2.12. The van der Waals surface area contributed by atoms with Crippen molar-refractivity contribution in [3.8, 4) is 6.07 Å². The molecule has 0 fully saturated rings. The van der Waals surface area contributed by atoms with Gasteiger partial charge in [0.05, 0.1) is 27.4 Å². The first kappa shape index (κ1) is 14.2. The van der Waals surface area contributed by atoms with E-state index in [1.165, 1.54) is 18.2 Å². The lowest BCUT2D eigenvalue weighted by molar-refractivity contribution is 0.102. The van der Waals surface area contributed by atoms with Gasteiger partial charge in [-0.15, -0.1) is 0 Å². The summed E-state index contributed by atoms with van der Waals surface area (Å²) in [5.74, 6) is -0.362. The standard InChI is InChI=1S/C14H9Cl2N3O/c15-11-5-10(6-12(16)13(11)18)19-14(20)9-3-1-2-8(4-9)7-17/h1-6H,18H2,(H,19,20). The predicted molar refractivity (Wildman–Crippen MR) is 80.0 cm³/mol. The highest BCUT2D eigenvalue weighted by atomic mass is 35.5. The molecule has 0 saturated carbocycles. The quantitative estimate of drug-likeness (QED) is 0.830. The van der Waals surface area contributed by atoms with Crippen LogP contribution in [0, 0.1) is 11.3 Å². The number of nitrogens with zero attached hydrogens (tertiary/aromatic N) is 1. The third kappa shape index (κ3) is 3.02. The van der Waals surface area contributed by atoms with Crippen LogP contribution in [-0.4, -0.2) is 5.91 Å². The molecule has 2 rings (SSSR count). The van der Waals surface area contributed by atoms with Crippen LogP contribution in [0.5, 0.6) is 0 Å². The maximum Gasteiger partial charge on any atom is 0.255 e. The molecule has 0 aliphatic rings. The lowest BCUT2D eigenvalue weighted by atomic mass is 10.1. The number of amides is 1. The fourth-order valence-electron chi connectivity index (χ4n) is 1.59. The monoisotopic (exact) mass is 305 g/mol. The van der Waals surface area contributed by atoms with E-state index in [0.717, 1.165) is 0 Å². The molecule has 0 atom stereocenters. The molecule has 0 aliphatic heterocycles. The van der Waals surface area contributed by atoms with Crippen LogP contribution >= 0.6 is 23.2 Å². The molecule has 0 heterocycles. The highest BCUT2D eigenvalue weighted by molar-refractivity contribution is 6.39. The van der Waals surface area contributed by atoms with Crippen LogP contribution in [0.3, 0.4) is 0 Å². The van der Waals surface area contributed by atoms with Crippen LogP contribution in [0.2, 0.25) is 10.0 Å². The van der Waals surface area contributed by atoms with Crippen molar-refractivity contribution in [3.05, 3.63) is 57.6 Å². The smallest absolute Gasteiger partial charge is 0.255 e. The number of nitrogen functional groups attached to an aromatic ring is 1. The van der Waals surface area contributed by atoms with E-state index in [2.05, 4.69) is 5.32 Å². The van der Waals surface area contributed by atoms with Gasteiger partial charge in [-0.25, -0.2) is 0 Å². The van der Waals surface area contributed by atoms with Gasteiger partial charge in [0, 0.05) is 11.3 Å². The molecule has 1 amide bonds. The third-order valence-corrected chi connectivity index (χ3v) is 3.22. The Hall–Kier alpha value is -2.22. The number of halogens is 2. The van der Waals surface area contributed by atoms with Crippen molar-refractivity contribution >= 4 is 40.5 Å². The summed E-state index contributed by atoms with van der Waals surface area (Å²) in [5.41, 5.74) is 7.09. The molecule has 2 aromatic carbocycles. The summed E-state index contributed by atoms with van der Waals surface area (Å²) < 4.78 is 0. The molecule has 6 heteroatoms. The molecule has 0 unspecified atom stereocenters. The topological polar surface area (TPSA) is 78.9 Å². The number of nitrogens with one attached hydrogen (secondary N) is 1. The van der Waals surface area contributed by atoms with Crippen molar-refractivity contribution in [2.24, 2.45) is 0 Å². The zero-order valence-corrected chi connectivity index (χ0v) is 11.7. The number of carbonyl (C=O) groups excluding carboxylic acids is 1. The molecule has 0 bridgehead atoms. The molecule has 2 aromatic rings. The van der Waals surface area contributed by atoms with Crippen molar-refractivity contribution in [2.45, 2.75) is 0 Å².